The average Bonchev–Trinajstić information content (AvgIpc) is 3.56. The molecule has 1 aromatic heterocycles. The highest BCUT2D eigenvalue weighted by molar-refractivity contribution is 5.84. The van der Waals surface area contributed by atoms with Crippen molar-refractivity contribution < 1.29 is 19.8 Å². The molecule has 9 nitrogen and oxygen atoms in total. The van der Waals surface area contributed by atoms with Crippen LogP contribution in [0.2, 0.25) is 0 Å². The Morgan fingerprint density at radius 3 is 2.47 bits per heavy atom. The van der Waals surface area contributed by atoms with Gasteiger partial charge >= 0.3 is 5.97 Å². The van der Waals surface area contributed by atoms with Crippen molar-refractivity contribution in [1.29, 1.82) is 0 Å². The van der Waals surface area contributed by atoms with Gasteiger partial charge in [0.1, 0.15) is 6.29 Å². The Bertz CT molecular complexity index is 1400. The van der Waals surface area contributed by atoms with Crippen LogP contribution in [0.5, 0.6) is 0 Å². The van der Waals surface area contributed by atoms with Crippen molar-refractivity contribution in [2.45, 2.75) is 88.6 Å². The monoisotopic (exact) mass is 614 g/mol. The number of hydrogen-bond acceptors (Lipinski definition) is 6. The summed E-state index contributed by atoms with van der Waals surface area (Å²) in [5.41, 5.74) is 8.00. The molecule has 1 aliphatic heterocycles. The van der Waals surface area contributed by atoms with Crippen LogP contribution in [0, 0.1) is 5.92 Å². The number of carbonyl (C=O) groups excluding carboxylic acids is 1. The second kappa shape index (κ2) is 18.0. The number of aliphatic hydroxyl groups is 1. The number of aldehydes is 1. The molecule has 0 fully saturated rings. The standard InChI is InChI=1S/C36H48N5O4/c37-36-39-21-19-33(41-36)31(24-35(44)45)32(40-34-14-7-20-38-34)18-17-28(30-16-15-27-12-5-6-13-29(27)23-30)11-4-2-1-3-9-26(25-43)10-8-22-42/h5-7,12-16,20,23-26,28,32-33,38,42H,1-4,8-11,17-19,21-22H2,(H,44,45)(H3,37,39,41)/q-1/b31-24-/t26-,28-,32-,33+/m0/s1. The van der Waals surface area contributed by atoms with E-state index < -0.39 is 5.97 Å². The van der Waals surface area contributed by atoms with E-state index in [1.807, 2.05) is 18.3 Å². The van der Waals surface area contributed by atoms with Gasteiger partial charge in [0, 0.05) is 25.1 Å². The number of carboxylic acids is 1. The Labute approximate surface area is 266 Å². The van der Waals surface area contributed by atoms with Crippen LogP contribution in [0.15, 0.2) is 77.4 Å². The number of H-pyrrole nitrogens is 1. The topological polar surface area (TPSA) is 155 Å². The van der Waals surface area contributed by atoms with Crippen LogP contribution < -0.4 is 11.1 Å². The van der Waals surface area contributed by atoms with Gasteiger partial charge < -0.3 is 36.4 Å². The zero-order valence-corrected chi connectivity index (χ0v) is 26.1. The largest absolute Gasteiger partial charge is 0.478 e. The lowest BCUT2D eigenvalue weighted by Crippen LogP contribution is -2.46. The Morgan fingerprint density at radius 2 is 1.76 bits per heavy atom. The Balaban J connectivity index is 1.49. The molecular formula is C36H48N5O4-. The van der Waals surface area contributed by atoms with Crippen LogP contribution in [-0.2, 0) is 9.59 Å². The molecule has 6 N–H and O–H groups in total. The van der Waals surface area contributed by atoms with E-state index in [1.54, 1.807) is 0 Å². The van der Waals surface area contributed by atoms with Crippen LogP contribution >= 0.6 is 0 Å². The highest BCUT2D eigenvalue weighted by atomic mass is 16.4. The van der Waals surface area contributed by atoms with E-state index in [0.717, 1.165) is 57.7 Å². The number of aliphatic carboxylic acids is 1. The molecule has 45 heavy (non-hydrogen) atoms. The number of nitrogens with two attached hydrogens (primary N) is 1. The van der Waals surface area contributed by atoms with Gasteiger partial charge in [0.05, 0.1) is 6.04 Å². The number of aromatic nitrogens is 1. The molecule has 0 bridgehead atoms. The molecule has 0 spiro atoms. The molecule has 2 heterocycles. The van der Waals surface area contributed by atoms with Crippen molar-refractivity contribution in [3.8, 4) is 0 Å². The van der Waals surface area contributed by atoms with Crippen LogP contribution in [0.1, 0.15) is 82.1 Å². The molecule has 0 amide bonds. The second-order valence-electron chi connectivity index (χ2n) is 12.1. The van der Waals surface area contributed by atoms with E-state index >= 15 is 0 Å². The first-order valence-corrected chi connectivity index (χ1v) is 16.4. The number of nitrogens with zero attached hydrogens (tertiary/aromatic N) is 2. The van der Waals surface area contributed by atoms with Crippen molar-refractivity contribution in [2.75, 3.05) is 13.2 Å². The van der Waals surface area contributed by atoms with Gasteiger partial charge in [0.2, 0.25) is 0 Å². The third-order valence-electron chi connectivity index (χ3n) is 8.81. The number of guanidine groups is 1. The Hall–Kier alpha value is -4.11. The molecular weight excluding hydrogens is 566 g/mol. The minimum atomic E-state index is -1.00. The summed E-state index contributed by atoms with van der Waals surface area (Å²) in [5.74, 6) is 0.349. The zero-order chi connectivity index (χ0) is 31.9. The number of unbranched alkanes of at least 4 members (excludes halogenated alkanes) is 3. The number of rotatable bonds is 20. The van der Waals surface area contributed by atoms with E-state index in [1.165, 1.54) is 22.4 Å². The molecule has 0 unspecified atom stereocenters. The van der Waals surface area contributed by atoms with Gasteiger partial charge in [-0.1, -0.05) is 92.3 Å². The minimum Gasteiger partial charge on any atom is -0.478 e. The van der Waals surface area contributed by atoms with Crippen LogP contribution in [0.3, 0.4) is 0 Å². The number of hydrogen-bond donors (Lipinski definition) is 5. The van der Waals surface area contributed by atoms with Crippen LogP contribution in [0.25, 0.3) is 16.1 Å². The summed E-state index contributed by atoms with van der Waals surface area (Å²) in [5, 5.41) is 29.5. The van der Waals surface area contributed by atoms with Crippen molar-refractivity contribution in [3.05, 3.63) is 83.3 Å². The van der Waals surface area contributed by atoms with Crippen LogP contribution in [-0.4, -0.2) is 58.6 Å². The second-order valence-corrected chi connectivity index (χ2v) is 12.1. The van der Waals surface area contributed by atoms with Gasteiger partial charge in [-0.05, 0) is 78.8 Å². The number of nitrogens with one attached hydrogen (secondary N) is 2. The maximum Gasteiger partial charge on any atom is 0.328 e. The summed E-state index contributed by atoms with van der Waals surface area (Å²) >= 11 is 0. The third-order valence-corrected chi connectivity index (χ3v) is 8.81. The molecule has 9 heteroatoms. The van der Waals surface area contributed by atoms with Crippen molar-refractivity contribution in [2.24, 2.45) is 16.6 Å². The van der Waals surface area contributed by atoms with Gasteiger partial charge in [-0.2, -0.15) is 0 Å². The summed E-state index contributed by atoms with van der Waals surface area (Å²) < 4.78 is 0. The molecule has 0 saturated heterocycles. The van der Waals surface area contributed by atoms with Gasteiger partial charge in [-0.3, -0.25) is 4.99 Å². The molecule has 0 radical (unpaired) electrons. The molecule has 242 valence electrons. The molecule has 0 saturated carbocycles. The summed E-state index contributed by atoms with van der Waals surface area (Å²) in [6, 6.07) is 18.3. The fourth-order valence-electron chi connectivity index (χ4n) is 6.39. The number of fused-ring (bicyclic) bond motifs is 1. The first-order chi connectivity index (χ1) is 22.0. The zero-order valence-electron chi connectivity index (χ0n) is 26.1. The predicted molar refractivity (Wildman–Crippen MR) is 181 cm³/mol. The smallest absolute Gasteiger partial charge is 0.328 e. The number of aliphatic imine (C=N–C) groups is 1. The van der Waals surface area contributed by atoms with Gasteiger partial charge in [-0.15, -0.1) is 0 Å². The van der Waals surface area contributed by atoms with Crippen molar-refractivity contribution in [3.63, 3.8) is 0 Å². The number of aromatic amines is 1. The maximum atomic E-state index is 12.0. The van der Waals surface area contributed by atoms with E-state index in [4.69, 9.17) is 16.2 Å². The molecule has 0 aliphatic carbocycles. The Morgan fingerprint density at radius 1 is 0.978 bits per heavy atom. The number of carboxylic acid groups (broad SMARTS) is 1. The number of benzene rings is 2. The summed E-state index contributed by atoms with van der Waals surface area (Å²) in [7, 11) is 0. The highest BCUT2D eigenvalue weighted by Crippen LogP contribution is 2.35. The molecule has 2 aromatic carbocycles. The van der Waals surface area contributed by atoms with E-state index in [-0.39, 0.29) is 30.5 Å². The van der Waals surface area contributed by atoms with Gasteiger partial charge in [0.15, 0.2) is 5.96 Å². The fourth-order valence-corrected chi connectivity index (χ4v) is 6.39. The van der Waals surface area contributed by atoms with Crippen molar-refractivity contribution >= 4 is 34.8 Å². The molecule has 4 rings (SSSR count). The molecule has 1 aliphatic rings. The lowest BCUT2D eigenvalue weighted by atomic mass is 9.84. The number of carbonyl (C=O) groups is 2. The highest BCUT2D eigenvalue weighted by Gasteiger charge is 2.25. The lowest BCUT2D eigenvalue weighted by Gasteiger charge is -2.35. The average molecular weight is 615 g/mol. The van der Waals surface area contributed by atoms with E-state index in [2.05, 4.69) is 57.8 Å². The normalized spacial score (nSPS) is 17.2. The molecule has 3 aromatic rings. The number of aliphatic hydroxyl groups excluding tert-OH is 1. The first kappa shape index (κ1) is 33.8. The SMILES string of the molecule is NC1=NCC[C@H](/C(=C\C(=O)O)[C@H](CC[C@H](CCCCCC[C@H](C=O)CCCO)c2ccc3ccccc3c2)[N-]c2ccc[nH]2)N1. The maximum absolute atomic E-state index is 12.0. The quantitative estimate of drug-likeness (QED) is 0.0540. The summed E-state index contributed by atoms with van der Waals surface area (Å²) in [4.78, 5) is 30.8. The minimum absolute atomic E-state index is 0.0381. The Kier molecular flexibility index (Phi) is 13.5. The fraction of sp³-hybridized carbons (Fsp3) is 0.472. The van der Waals surface area contributed by atoms with Crippen LogP contribution in [0.4, 0.5) is 5.82 Å². The molecule has 4 atom stereocenters. The summed E-state index contributed by atoms with van der Waals surface area (Å²) in [6.07, 6.45) is 13.9. The predicted octanol–water partition coefficient (Wildman–Crippen LogP) is 6.72. The van der Waals surface area contributed by atoms with Gasteiger partial charge in [0.25, 0.3) is 0 Å². The first-order valence-electron chi connectivity index (χ1n) is 16.4. The van der Waals surface area contributed by atoms with Crippen molar-refractivity contribution in [1.82, 2.24) is 10.3 Å². The third kappa shape index (κ3) is 10.8. The summed E-state index contributed by atoms with van der Waals surface area (Å²) in [6.45, 7) is 0.664. The van der Waals surface area contributed by atoms with E-state index in [9.17, 15) is 14.7 Å². The van der Waals surface area contributed by atoms with Gasteiger partial charge in [-0.25, -0.2) is 4.79 Å². The lowest BCUT2D eigenvalue weighted by molar-refractivity contribution is -0.131. The van der Waals surface area contributed by atoms with E-state index in [0.29, 0.717) is 43.2 Å².